The summed E-state index contributed by atoms with van der Waals surface area (Å²) in [6, 6.07) is 12.8. The monoisotopic (exact) mass is 337 g/mol. The third-order valence-electron chi connectivity index (χ3n) is 3.77. The Morgan fingerprint density at radius 3 is 2.65 bits per heavy atom. The Morgan fingerprint density at radius 1 is 1.22 bits per heavy atom. The number of nitrogens with two attached hydrogens (primary N) is 1. The van der Waals surface area contributed by atoms with Gasteiger partial charge in [0.1, 0.15) is 0 Å². The van der Waals surface area contributed by atoms with E-state index in [1.165, 1.54) is 0 Å². The van der Waals surface area contributed by atoms with Crippen molar-refractivity contribution >= 4 is 12.4 Å². The lowest BCUT2D eigenvalue weighted by molar-refractivity contribution is 0.145. The fraction of sp³-hybridized carbons (Fsp3) is 0.294. The summed E-state index contributed by atoms with van der Waals surface area (Å²) in [7, 11) is 1.56. The number of methoxy groups -OCH3 is 1. The average Bonchev–Trinajstić information content (AvgIpc) is 3.02. The SMILES string of the molecule is COc1cc([C@@H](N)[C@@H](O)Cc2ccccc2)cc2c1OCO2.Cl. The molecule has 6 heteroatoms. The Hall–Kier alpha value is -1.95. The van der Waals surface area contributed by atoms with Gasteiger partial charge in [-0.3, -0.25) is 0 Å². The Labute approximate surface area is 141 Å². The highest BCUT2D eigenvalue weighted by Gasteiger charge is 2.24. The Morgan fingerprint density at radius 2 is 1.96 bits per heavy atom. The number of hydrogen-bond acceptors (Lipinski definition) is 5. The summed E-state index contributed by atoms with van der Waals surface area (Å²) < 4.78 is 16.1. The highest BCUT2D eigenvalue weighted by molar-refractivity contribution is 5.85. The molecule has 1 aliphatic rings. The van der Waals surface area contributed by atoms with E-state index in [9.17, 15) is 5.11 Å². The molecule has 5 nitrogen and oxygen atoms in total. The van der Waals surface area contributed by atoms with Gasteiger partial charge in [-0.2, -0.15) is 0 Å². The largest absolute Gasteiger partial charge is 0.493 e. The highest BCUT2D eigenvalue weighted by atomic mass is 35.5. The molecule has 0 fully saturated rings. The van der Waals surface area contributed by atoms with Crippen LogP contribution < -0.4 is 19.9 Å². The number of fused-ring (bicyclic) bond motifs is 1. The third kappa shape index (κ3) is 3.69. The molecule has 0 bridgehead atoms. The first kappa shape index (κ1) is 17.4. The Bertz CT molecular complexity index is 651. The molecule has 0 aromatic heterocycles. The maximum Gasteiger partial charge on any atom is 0.231 e. The molecule has 0 amide bonds. The summed E-state index contributed by atoms with van der Waals surface area (Å²) in [5.41, 5.74) is 8.00. The molecule has 2 aromatic carbocycles. The molecule has 0 spiro atoms. The van der Waals surface area contributed by atoms with Gasteiger partial charge in [0.05, 0.1) is 19.3 Å². The van der Waals surface area contributed by atoms with E-state index in [1.54, 1.807) is 19.2 Å². The number of rotatable bonds is 5. The lowest BCUT2D eigenvalue weighted by Crippen LogP contribution is -2.28. The minimum atomic E-state index is -0.701. The van der Waals surface area contributed by atoms with Gasteiger partial charge in [0, 0.05) is 6.42 Å². The zero-order chi connectivity index (χ0) is 15.5. The Kier molecular flexibility index (Phi) is 5.71. The molecule has 3 N–H and O–H groups in total. The van der Waals surface area contributed by atoms with E-state index in [2.05, 4.69) is 0 Å². The van der Waals surface area contributed by atoms with Gasteiger partial charge in [0.2, 0.25) is 12.5 Å². The van der Waals surface area contributed by atoms with Crippen molar-refractivity contribution in [1.82, 2.24) is 0 Å². The number of benzene rings is 2. The van der Waals surface area contributed by atoms with Crippen LogP contribution in [0.3, 0.4) is 0 Å². The summed E-state index contributed by atoms with van der Waals surface area (Å²) in [6.45, 7) is 0.164. The maximum atomic E-state index is 10.4. The summed E-state index contributed by atoms with van der Waals surface area (Å²) in [4.78, 5) is 0. The smallest absolute Gasteiger partial charge is 0.231 e. The molecular formula is C17H20ClNO4. The van der Waals surface area contributed by atoms with Crippen molar-refractivity contribution in [3.05, 3.63) is 53.6 Å². The van der Waals surface area contributed by atoms with E-state index >= 15 is 0 Å². The lowest BCUT2D eigenvalue weighted by atomic mass is 9.96. The second-order valence-electron chi connectivity index (χ2n) is 5.24. The highest BCUT2D eigenvalue weighted by Crippen LogP contribution is 2.43. The van der Waals surface area contributed by atoms with Gasteiger partial charge in [-0.05, 0) is 23.3 Å². The number of halogens is 1. The quantitative estimate of drug-likeness (QED) is 0.876. The fourth-order valence-electron chi connectivity index (χ4n) is 2.55. The molecule has 0 radical (unpaired) electrons. The van der Waals surface area contributed by atoms with E-state index in [-0.39, 0.29) is 19.2 Å². The van der Waals surface area contributed by atoms with Crippen LogP contribution in [0.2, 0.25) is 0 Å². The van der Waals surface area contributed by atoms with Gasteiger partial charge in [-0.15, -0.1) is 12.4 Å². The Balaban J connectivity index is 0.00000192. The zero-order valence-corrected chi connectivity index (χ0v) is 13.6. The summed E-state index contributed by atoms with van der Waals surface area (Å²) in [6.07, 6.45) is -0.217. The molecule has 0 aliphatic carbocycles. The number of aliphatic hydroxyl groups is 1. The number of hydrogen-bond donors (Lipinski definition) is 2. The molecule has 0 saturated heterocycles. The van der Waals surface area contributed by atoms with Gasteiger partial charge >= 0.3 is 0 Å². The van der Waals surface area contributed by atoms with Crippen LogP contribution in [-0.4, -0.2) is 25.1 Å². The summed E-state index contributed by atoms with van der Waals surface area (Å²) in [5.74, 6) is 1.74. The van der Waals surface area contributed by atoms with Crippen LogP contribution in [0, 0.1) is 0 Å². The molecule has 3 rings (SSSR count). The van der Waals surface area contributed by atoms with E-state index in [0.717, 1.165) is 11.1 Å². The molecule has 2 atom stereocenters. The van der Waals surface area contributed by atoms with E-state index in [0.29, 0.717) is 23.7 Å². The van der Waals surface area contributed by atoms with E-state index in [4.69, 9.17) is 19.9 Å². The first-order valence-electron chi connectivity index (χ1n) is 7.14. The molecule has 124 valence electrons. The molecule has 0 saturated carbocycles. The minimum absolute atomic E-state index is 0. The molecule has 23 heavy (non-hydrogen) atoms. The van der Waals surface area contributed by atoms with Crippen molar-refractivity contribution in [3.8, 4) is 17.2 Å². The zero-order valence-electron chi connectivity index (χ0n) is 12.8. The summed E-state index contributed by atoms with van der Waals surface area (Å²) >= 11 is 0. The van der Waals surface area contributed by atoms with Crippen molar-refractivity contribution in [2.75, 3.05) is 13.9 Å². The number of ether oxygens (including phenoxy) is 3. The van der Waals surface area contributed by atoms with Crippen LogP contribution in [0.5, 0.6) is 17.2 Å². The van der Waals surface area contributed by atoms with Crippen molar-refractivity contribution in [3.63, 3.8) is 0 Å². The second kappa shape index (κ2) is 7.55. The fourth-order valence-corrected chi connectivity index (χ4v) is 2.55. The minimum Gasteiger partial charge on any atom is -0.493 e. The lowest BCUT2D eigenvalue weighted by Gasteiger charge is -2.20. The number of aliphatic hydroxyl groups excluding tert-OH is 1. The molecule has 0 unspecified atom stereocenters. The van der Waals surface area contributed by atoms with E-state index < -0.39 is 12.1 Å². The third-order valence-corrected chi connectivity index (χ3v) is 3.77. The van der Waals surface area contributed by atoms with Gasteiger partial charge in [-0.25, -0.2) is 0 Å². The first-order valence-corrected chi connectivity index (χ1v) is 7.14. The van der Waals surface area contributed by atoms with Gasteiger partial charge in [-0.1, -0.05) is 30.3 Å². The summed E-state index contributed by atoms with van der Waals surface area (Å²) in [5, 5.41) is 10.4. The predicted molar refractivity (Wildman–Crippen MR) is 89.4 cm³/mol. The normalized spacial score (nSPS) is 14.7. The maximum absolute atomic E-state index is 10.4. The molecular weight excluding hydrogens is 318 g/mol. The van der Waals surface area contributed by atoms with Gasteiger partial charge < -0.3 is 25.1 Å². The van der Waals surface area contributed by atoms with Crippen molar-refractivity contribution < 1.29 is 19.3 Å². The molecule has 1 aliphatic heterocycles. The first-order chi connectivity index (χ1) is 10.7. The van der Waals surface area contributed by atoms with Crippen LogP contribution >= 0.6 is 12.4 Å². The molecule has 2 aromatic rings. The van der Waals surface area contributed by atoms with Crippen LogP contribution in [-0.2, 0) is 6.42 Å². The van der Waals surface area contributed by atoms with Crippen molar-refractivity contribution in [1.29, 1.82) is 0 Å². The van der Waals surface area contributed by atoms with Crippen molar-refractivity contribution in [2.24, 2.45) is 5.73 Å². The van der Waals surface area contributed by atoms with Crippen molar-refractivity contribution in [2.45, 2.75) is 18.6 Å². The van der Waals surface area contributed by atoms with Crippen LogP contribution in [0.4, 0.5) is 0 Å². The van der Waals surface area contributed by atoms with Gasteiger partial charge in [0.15, 0.2) is 11.5 Å². The van der Waals surface area contributed by atoms with Crippen LogP contribution in [0.25, 0.3) is 0 Å². The topological polar surface area (TPSA) is 73.9 Å². The van der Waals surface area contributed by atoms with Crippen LogP contribution in [0.15, 0.2) is 42.5 Å². The standard InChI is InChI=1S/C17H19NO4.ClH/c1-20-14-8-12(9-15-17(14)22-10-21-15)16(18)13(19)7-11-5-3-2-4-6-11;/h2-6,8-9,13,16,19H,7,10,18H2,1H3;1H/t13-,16+;/m0./s1. The predicted octanol–water partition coefficient (Wildman–Crippen LogP) is 2.45. The average molecular weight is 338 g/mol. The second-order valence-corrected chi connectivity index (χ2v) is 5.24. The van der Waals surface area contributed by atoms with Gasteiger partial charge in [0.25, 0.3) is 0 Å². The van der Waals surface area contributed by atoms with E-state index in [1.807, 2.05) is 30.3 Å². The van der Waals surface area contributed by atoms with Crippen LogP contribution in [0.1, 0.15) is 17.2 Å². The molecule has 1 heterocycles.